The largest absolute Gasteiger partial charge is 0.457 e. The highest BCUT2D eigenvalue weighted by Gasteiger charge is 2.11. The Kier molecular flexibility index (Phi) is 4.56. The van der Waals surface area contributed by atoms with Crippen LogP contribution in [0.2, 0.25) is 0 Å². The number of hydrogen-bond donors (Lipinski definition) is 1. The van der Waals surface area contributed by atoms with Gasteiger partial charge in [-0.3, -0.25) is 0 Å². The van der Waals surface area contributed by atoms with Gasteiger partial charge in [0.15, 0.2) is 0 Å². The SMILES string of the molecule is N#CC(Nc1ccccc1)c1cccc(Oc2ccccc2)c1. The molecule has 0 spiro atoms. The zero-order valence-electron chi connectivity index (χ0n) is 12.5. The lowest BCUT2D eigenvalue weighted by Crippen LogP contribution is -2.08. The van der Waals surface area contributed by atoms with Gasteiger partial charge in [0.1, 0.15) is 17.5 Å². The lowest BCUT2D eigenvalue weighted by Gasteiger charge is -2.14. The highest BCUT2D eigenvalue weighted by atomic mass is 16.5. The van der Waals surface area contributed by atoms with Gasteiger partial charge in [0.25, 0.3) is 0 Å². The van der Waals surface area contributed by atoms with E-state index in [1.807, 2.05) is 84.9 Å². The summed E-state index contributed by atoms with van der Waals surface area (Å²) in [7, 11) is 0. The monoisotopic (exact) mass is 300 g/mol. The standard InChI is InChI=1S/C20H16N2O/c21-15-20(22-17-9-3-1-4-10-17)16-8-7-13-19(14-16)23-18-11-5-2-6-12-18/h1-14,20,22H. The van der Waals surface area contributed by atoms with Crippen LogP contribution in [0.4, 0.5) is 5.69 Å². The Morgan fingerprint density at radius 3 is 2.13 bits per heavy atom. The second kappa shape index (κ2) is 7.15. The van der Waals surface area contributed by atoms with Crippen molar-refractivity contribution in [1.29, 1.82) is 5.26 Å². The Morgan fingerprint density at radius 1 is 0.783 bits per heavy atom. The first kappa shape index (κ1) is 14.7. The van der Waals surface area contributed by atoms with E-state index in [0.29, 0.717) is 5.75 Å². The van der Waals surface area contributed by atoms with Crippen molar-refractivity contribution in [3.05, 3.63) is 90.5 Å². The number of para-hydroxylation sites is 2. The van der Waals surface area contributed by atoms with Crippen LogP contribution in [0, 0.1) is 11.3 Å². The Morgan fingerprint density at radius 2 is 1.43 bits per heavy atom. The molecule has 0 heterocycles. The molecule has 0 fully saturated rings. The van der Waals surface area contributed by atoms with Crippen LogP contribution >= 0.6 is 0 Å². The van der Waals surface area contributed by atoms with Crippen LogP contribution in [0.25, 0.3) is 0 Å². The Labute approximate surface area is 135 Å². The molecule has 0 saturated carbocycles. The van der Waals surface area contributed by atoms with Crippen molar-refractivity contribution in [3.63, 3.8) is 0 Å². The molecular formula is C20H16N2O. The van der Waals surface area contributed by atoms with Crippen LogP contribution in [0.3, 0.4) is 0 Å². The minimum atomic E-state index is -0.434. The molecule has 3 heteroatoms. The summed E-state index contributed by atoms with van der Waals surface area (Å²) in [6, 6.07) is 28.7. The lowest BCUT2D eigenvalue weighted by molar-refractivity contribution is 0.482. The number of anilines is 1. The van der Waals surface area contributed by atoms with Gasteiger partial charge in [-0.15, -0.1) is 0 Å². The molecule has 0 aliphatic heterocycles. The van der Waals surface area contributed by atoms with Gasteiger partial charge in [-0.1, -0.05) is 48.5 Å². The van der Waals surface area contributed by atoms with E-state index >= 15 is 0 Å². The summed E-state index contributed by atoms with van der Waals surface area (Å²) in [5, 5.41) is 12.7. The minimum absolute atomic E-state index is 0.434. The van der Waals surface area contributed by atoms with E-state index in [2.05, 4.69) is 11.4 Å². The number of nitrogens with zero attached hydrogens (tertiary/aromatic N) is 1. The normalized spacial score (nSPS) is 11.3. The highest BCUT2D eigenvalue weighted by molar-refractivity contribution is 5.48. The first-order valence-electron chi connectivity index (χ1n) is 7.39. The summed E-state index contributed by atoms with van der Waals surface area (Å²) in [6.45, 7) is 0. The maximum absolute atomic E-state index is 9.47. The Bertz CT molecular complexity index is 795. The zero-order valence-corrected chi connectivity index (χ0v) is 12.5. The third-order valence-electron chi connectivity index (χ3n) is 3.38. The van der Waals surface area contributed by atoms with Crippen molar-refractivity contribution in [2.45, 2.75) is 6.04 Å². The molecule has 0 aliphatic carbocycles. The van der Waals surface area contributed by atoms with Crippen molar-refractivity contribution < 1.29 is 4.74 Å². The average molecular weight is 300 g/mol. The van der Waals surface area contributed by atoms with Crippen LogP contribution in [-0.2, 0) is 0 Å². The first-order valence-corrected chi connectivity index (χ1v) is 7.39. The summed E-state index contributed by atoms with van der Waals surface area (Å²) >= 11 is 0. The maximum Gasteiger partial charge on any atom is 0.140 e. The maximum atomic E-state index is 9.47. The molecular weight excluding hydrogens is 284 g/mol. The zero-order chi connectivity index (χ0) is 15.9. The Hall–Kier alpha value is -3.25. The second-order valence-corrected chi connectivity index (χ2v) is 5.06. The molecule has 0 aromatic heterocycles. The Balaban J connectivity index is 1.79. The van der Waals surface area contributed by atoms with E-state index in [1.165, 1.54) is 0 Å². The average Bonchev–Trinajstić information content (AvgIpc) is 2.62. The summed E-state index contributed by atoms with van der Waals surface area (Å²) in [5.74, 6) is 1.48. The van der Waals surface area contributed by atoms with E-state index in [1.54, 1.807) is 0 Å². The lowest BCUT2D eigenvalue weighted by atomic mass is 10.1. The van der Waals surface area contributed by atoms with Gasteiger partial charge < -0.3 is 10.1 Å². The predicted octanol–water partition coefficient (Wildman–Crippen LogP) is 5.16. The molecule has 1 N–H and O–H groups in total. The van der Waals surface area contributed by atoms with Gasteiger partial charge in [0.2, 0.25) is 0 Å². The molecule has 3 nitrogen and oxygen atoms in total. The predicted molar refractivity (Wildman–Crippen MR) is 91.4 cm³/mol. The third-order valence-corrected chi connectivity index (χ3v) is 3.38. The number of nitrogens with one attached hydrogen (secondary N) is 1. The van der Waals surface area contributed by atoms with Gasteiger partial charge in [0.05, 0.1) is 6.07 Å². The summed E-state index contributed by atoms with van der Waals surface area (Å²) in [4.78, 5) is 0. The smallest absolute Gasteiger partial charge is 0.140 e. The van der Waals surface area contributed by atoms with Crippen molar-refractivity contribution in [1.82, 2.24) is 0 Å². The molecule has 0 saturated heterocycles. The molecule has 112 valence electrons. The molecule has 3 rings (SSSR count). The number of hydrogen-bond acceptors (Lipinski definition) is 3. The number of benzene rings is 3. The fourth-order valence-electron chi connectivity index (χ4n) is 2.27. The van der Waals surface area contributed by atoms with Crippen LogP contribution in [0.1, 0.15) is 11.6 Å². The molecule has 1 unspecified atom stereocenters. The van der Waals surface area contributed by atoms with E-state index in [9.17, 15) is 5.26 Å². The van der Waals surface area contributed by atoms with Gasteiger partial charge in [0, 0.05) is 5.69 Å². The van der Waals surface area contributed by atoms with E-state index in [0.717, 1.165) is 17.0 Å². The first-order chi connectivity index (χ1) is 11.3. The van der Waals surface area contributed by atoms with Crippen LogP contribution in [0.15, 0.2) is 84.9 Å². The van der Waals surface area contributed by atoms with Crippen LogP contribution in [0.5, 0.6) is 11.5 Å². The van der Waals surface area contributed by atoms with Gasteiger partial charge in [-0.2, -0.15) is 5.26 Å². The quantitative estimate of drug-likeness (QED) is 0.708. The molecule has 0 radical (unpaired) electrons. The topological polar surface area (TPSA) is 45.0 Å². The van der Waals surface area contributed by atoms with Crippen molar-refractivity contribution in [2.75, 3.05) is 5.32 Å². The molecule has 0 aliphatic rings. The molecule has 1 atom stereocenters. The van der Waals surface area contributed by atoms with Crippen LogP contribution < -0.4 is 10.1 Å². The van der Waals surface area contributed by atoms with Crippen molar-refractivity contribution in [2.24, 2.45) is 0 Å². The number of nitriles is 1. The molecule has 3 aromatic carbocycles. The van der Waals surface area contributed by atoms with Crippen molar-refractivity contribution >= 4 is 5.69 Å². The van der Waals surface area contributed by atoms with Crippen LogP contribution in [-0.4, -0.2) is 0 Å². The van der Waals surface area contributed by atoms with Gasteiger partial charge >= 0.3 is 0 Å². The third kappa shape index (κ3) is 3.90. The second-order valence-electron chi connectivity index (χ2n) is 5.06. The number of rotatable bonds is 5. The highest BCUT2D eigenvalue weighted by Crippen LogP contribution is 2.26. The summed E-state index contributed by atoms with van der Waals surface area (Å²) in [6.07, 6.45) is 0. The minimum Gasteiger partial charge on any atom is -0.457 e. The fraction of sp³-hybridized carbons (Fsp3) is 0.0500. The van der Waals surface area contributed by atoms with E-state index in [4.69, 9.17) is 4.74 Å². The molecule has 23 heavy (non-hydrogen) atoms. The van der Waals surface area contributed by atoms with Gasteiger partial charge in [-0.05, 0) is 42.0 Å². The van der Waals surface area contributed by atoms with E-state index < -0.39 is 6.04 Å². The fourth-order valence-corrected chi connectivity index (χ4v) is 2.27. The molecule has 0 amide bonds. The van der Waals surface area contributed by atoms with E-state index in [-0.39, 0.29) is 0 Å². The molecule has 3 aromatic rings. The molecule has 0 bridgehead atoms. The summed E-state index contributed by atoms with van der Waals surface area (Å²) in [5.41, 5.74) is 1.78. The van der Waals surface area contributed by atoms with Crippen molar-refractivity contribution in [3.8, 4) is 17.6 Å². The summed E-state index contributed by atoms with van der Waals surface area (Å²) < 4.78 is 5.83. The number of ether oxygens (including phenoxy) is 1. The van der Waals surface area contributed by atoms with Gasteiger partial charge in [-0.25, -0.2) is 0 Å².